The molecule has 0 fully saturated rings. The van der Waals surface area contributed by atoms with Crippen molar-refractivity contribution in [2.75, 3.05) is 6.61 Å². The van der Waals surface area contributed by atoms with Crippen LogP contribution < -0.4 is 4.72 Å². The normalized spacial score (nSPS) is 15.5. The van der Waals surface area contributed by atoms with E-state index in [0.717, 1.165) is 5.56 Å². The molecule has 108 valence electrons. The van der Waals surface area contributed by atoms with Gasteiger partial charge in [-0.15, -0.1) is 0 Å². The third kappa shape index (κ3) is 4.30. The summed E-state index contributed by atoms with van der Waals surface area (Å²) in [5.74, 6) is -0.0115. The first kappa shape index (κ1) is 16.1. The molecule has 0 saturated carbocycles. The second-order valence-electron chi connectivity index (χ2n) is 5.36. The van der Waals surface area contributed by atoms with Crippen LogP contribution in [-0.2, 0) is 10.0 Å². The first-order valence-electron chi connectivity index (χ1n) is 6.47. The zero-order valence-electron chi connectivity index (χ0n) is 11.9. The lowest BCUT2D eigenvalue weighted by Gasteiger charge is -2.27. The molecular weight excluding hydrogens is 262 g/mol. The number of aliphatic hydroxyl groups excluding tert-OH is 1. The van der Waals surface area contributed by atoms with Gasteiger partial charge in [0, 0.05) is 12.6 Å². The van der Waals surface area contributed by atoms with E-state index in [2.05, 4.69) is 4.72 Å². The standard InChI is InChI=1S/C14H23NO3S/c1-10(2)14(12(4)9-16)15-19(17,18)13-7-5-11(3)6-8-13/h5-8,10,12,14-16H,9H2,1-4H3/t12-,14-/m0/s1. The van der Waals surface area contributed by atoms with Crippen molar-refractivity contribution in [1.29, 1.82) is 0 Å². The van der Waals surface area contributed by atoms with E-state index in [4.69, 9.17) is 0 Å². The Morgan fingerprint density at radius 3 is 2.11 bits per heavy atom. The van der Waals surface area contributed by atoms with Gasteiger partial charge in [-0.2, -0.15) is 0 Å². The summed E-state index contributed by atoms with van der Waals surface area (Å²) in [6.07, 6.45) is 0. The molecule has 4 nitrogen and oxygen atoms in total. The summed E-state index contributed by atoms with van der Waals surface area (Å²) >= 11 is 0. The summed E-state index contributed by atoms with van der Waals surface area (Å²) in [5, 5.41) is 9.22. The SMILES string of the molecule is Cc1ccc(S(=O)(=O)N[C@@H](C(C)C)[C@@H](C)CO)cc1. The highest BCUT2D eigenvalue weighted by Crippen LogP contribution is 2.17. The predicted molar refractivity (Wildman–Crippen MR) is 76.4 cm³/mol. The number of rotatable bonds is 6. The average molecular weight is 285 g/mol. The molecule has 2 atom stereocenters. The lowest BCUT2D eigenvalue weighted by Crippen LogP contribution is -2.44. The quantitative estimate of drug-likeness (QED) is 0.839. The van der Waals surface area contributed by atoms with Crippen LogP contribution in [0.3, 0.4) is 0 Å². The highest BCUT2D eigenvalue weighted by atomic mass is 32.2. The number of aliphatic hydroxyl groups is 1. The predicted octanol–water partition coefficient (Wildman–Crippen LogP) is 1.93. The van der Waals surface area contributed by atoms with Crippen molar-refractivity contribution in [3.05, 3.63) is 29.8 Å². The lowest BCUT2D eigenvalue weighted by molar-refractivity contribution is 0.191. The van der Waals surface area contributed by atoms with E-state index in [1.807, 2.05) is 27.7 Å². The molecule has 1 rings (SSSR count). The minimum absolute atomic E-state index is 0.0424. The summed E-state index contributed by atoms with van der Waals surface area (Å²) in [5.41, 5.74) is 1.02. The van der Waals surface area contributed by atoms with Gasteiger partial charge in [0.25, 0.3) is 0 Å². The molecule has 0 aliphatic rings. The highest BCUT2D eigenvalue weighted by molar-refractivity contribution is 7.89. The van der Waals surface area contributed by atoms with Crippen molar-refractivity contribution in [3.63, 3.8) is 0 Å². The van der Waals surface area contributed by atoms with E-state index in [-0.39, 0.29) is 29.4 Å². The van der Waals surface area contributed by atoms with Gasteiger partial charge in [-0.25, -0.2) is 13.1 Å². The molecule has 0 bridgehead atoms. The van der Waals surface area contributed by atoms with E-state index in [9.17, 15) is 13.5 Å². The monoisotopic (exact) mass is 285 g/mol. The molecule has 0 saturated heterocycles. The molecule has 19 heavy (non-hydrogen) atoms. The molecule has 0 amide bonds. The molecular formula is C14H23NO3S. The second-order valence-corrected chi connectivity index (χ2v) is 7.08. The molecule has 0 radical (unpaired) electrons. The van der Waals surface area contributed by atoms with Crippen LogP contribution in [0.4, 0.5) is 0 Å². The topological polar surface area (TPSA) is 66.4 Å². The Morgan fingerprint density at radius 2 is 1.68 bits per heavy atom. The fourth-order valence-corrected chi connectivity index (χ4v) is 3.48. The van der Waals surface area contributed by atoms with Crippen LogP contribution in [0.2, 0.25) is 0 Å². The van der Waals surface area contributed by atoms with Crippen molar-refractivity contribution in [1.82, 2.24) is 4.72 Å². The highest BCUT2D eigenvalue weighted by Gasteiger charge is 2.26. The average Bonchev–Trinajstić information content (AvgIpc) is 2.35. The minimum atomic E-state index is -3.54. The van der Waals surface area contributed by atoms with E-state index >= 15 is 0 Å². The molecule has 0 heterocycles. The number of sulfonamides is 1. The van der Waals surface area contributed by atoms with E-state index < -0.39 is 10.0 Å². The van der Waals surface area contributed by atoms with E-state index in [1.54, 1.807) is 24.3 Å². The summed E-state index contributed by atoms with van der Waals surface area (Å²) in [7, 11) is -3.54. The Bertz CT molecular complexity index is 494. The zero-order chi connectivity index (χ0) is 14.6. The molecule has 0 aliphatic carbocycles. The molecule has 0 unspecified atom stereocenters. The molecule has 0 spiro atoms. The van der Waals surface area contributed by atoms with Crippen molar-refractivity contribution < 1.29 is 13.5 Å². The Morgan fingerprint density at radius 1 is 1.16 bits per heavy atom. The Labute approximate surface area is 115 Å². The van der Waals surface area contributed by atoms with Gasteiger partial charge < -0.3 is 5.11 Å². The van der Waals surface area contributed by atoms with Crippen LogP contribution in [0.1, 0.15) is 26.3 Å². The molecule has 1 aromatic carbocycles. The van der Waals surface area contributed by atoms with Crippen molar-refractivity contribution >= 4 is 10.0 Å². The Kier molecular flexibility index (Phi) is 5.52. The van der Waals surface area contributed by atoms with Crippen LogP contribution >= 0.6 is 0 Å². The van der Waals surface area contributed by atoms with Gasteiger partial charge in [-0.1, -0.05) is 38.5 Å². The maximum atomic E-state index is 12.3. The molecule has 1 aromatic rings. The number of hydrogen-bond donors (Lipinski definition) is 2. The van der Waals surface area contributed by atoms with Gasteiger partial charge in [-0.05, 0) is 30.9 Å². The fourth-order valence-electron chi connectivity index (χ4n) is 1.99. The number of aryl methyl sites for hydroxylation is 1. The Balaban J connectivity index is 2.97. The Hall–Kier alpha value is -0.910. The smallest absolute Gasteiger partial charge is 0.240 e. The maximum Gasteiger partial charge on any atom is 0.240 e. The summed E-state index contributed by atoms with van der Waals surface area (Å²) in [4.78, 5) is 0.258. The third-order valence-electron chi connectivity index (χ3n) is 3.24. The van der Waals surface area contributed by atoms with E-state index in [0.29, 0.717) is 0 Å². The molecule has 5 heteroatoms. The minimum Gasteiger partial charge on any atom is -0.396 e. The first-order valence-corrected chi connectivity index (χ1v) is 7.96. The van der Waals surface area contributed by atoms with Gasteiger partial charge in [0.2, 0.25) is 10.0 Å². The van der Waals surface area contributed by atoms with Crippen molar-refractivity contribution in [3.8, 4) is 0 Å². The maximum absolute atomic E-state index is 12.3. The molecule has 0 aromatic heterocycles. The summed E-state index contributed by atoms with van der Waals surface area (Å²) < 4.78 is 27.3. The number of benzene rings is 1. The summed E-state index contributed by atoms with van der Waals surface area (Å²) in [6.45, 7) is 7.58. The number of hydrogen-bond acceptors (Lipinski definition) is 3. The van der Waals surface area contributed by atoms with Crippen LogP contribution in [0, 0.1) is 18.8 Å². The molecule has 2 N–H and O–H groups in total. The van der Waals surface area contributed by atoms with Gasteiger partial charge >= 0.3 is 0 Å². The van der Waals surface area contributed by atoms with Gasteiger partial charge in [0.15, 0.2) is 0 Å². The van der Waals surface area contributed by atoms with Crippen LogP contribution in [0.5, 0.6) is 0 Å². The zero-order valence-corrected chi connectivity index (χ0v) is 12.7. The molecule has 0 aliphatic heterocycles. The lowest BCUT2D eigenvalue weighted by atomic mass is 9.93. The van der Waals surface area contributed by atoms with E-state index in [1.165, 1.54) is 0 Å². The largest absolute Gasteiger partial charge is 0.396 e. The van der Waals surface area contributed by atoms with Crippen LogP contribution in [-0.4, -0.2) is 26.2 Å². The summed E-state index contributed by atoms with van der Waals surface area (Å²) in [6, 6.07) is 6.46. The van der Waals surface area contributed by atoms with Crippen molar-refractivity contribution in [2.24, 2.45) is 11.8 Å². The fraction of sp³-hybridized carbons (Fsp3) is 0.571. The first-order chi connectivity index (χ1) is 8.77. The number of nitrogens with one attached hydrogen (secondary N) is 1. The van der Waals surface area contributed by atoms with Gasteiger partial charge in [-0.3, -0.25) is 0 Å². The van der Waals surface area contributed by atoms with Crippen LogP contribution in [0.25, 0.3) is 0 Å². The van der Waals surface area contributed by atoms with Gasteiger partial charge in [0.05, 0.1) is 4.90 Å². The van der Waals surface area contributed by atoms with Crippen molar-refractivity contribution in [2.45, 2.75) is 38.6 Å². The third-order valence-corrected chi connectivity index (χ3v) is 4.72. The second kappa shape index (κ2) is 6.50. The van der Waals surface area contributed by atoms with Crippen LogP contribution in [0.15, 0.2) is 29.2 Å². The van der Waals surface area contributed by atoms with Gasteiger partial charge in [0.1, 0.15) is 0 Å².